The molecule has 170 valence electrons. The van der Waals surface area contributed by atoms with Gasteiger partial charge in [-0.25, -0.2) is 0 Å². The Kier molecular flexibility index (Phi) is 9.80. The molecule has 0 radical (unpaired) electrons. The first-order valence-corrected chi connectivity index (χ1v) is 10.8. The highest BCUT2D eigenvalue weighted by Crippen LogP contribution is 2.20. The number of aliphatic imine (C=N–C) groups is 1. The number of rotatable bonds is 7. The summed E-state index contributed by atoms with van der Waals surface area (Å²) < 4.78 is 1.87. The minimum atomic E-state index is 0. The zero-order valence-corrected chi connectivity index (χ0v) is 21.4. The quantitative estimate of drug-likeness (QED) is 0.335. The van der Waals surface area contributed by atoms with Crippen LogP contribution in [0.25, 0.3) is 0 Å². The Morgan fingerprint density at radius 2 is 2.13 bits per heavy atom. The van der Waals surface area contributed by atoms with Crippen molar-refractivity contribution in [3.63, 3.8) is 0 Å². The number of likely N-dealkylation sites (tertiary alicyclic amines) is 1. The van der Waals surface area contributed by atoms with Crippen molar-refractivity contribution in [2.24, 2.45) is 18.0 Å². The van der Waals surface area contributed by atoms with E-state index in [-0.39, 0.29) is 29.9 Å². The zero-order chi connectivity index (χ0) is 21.5. The largest absolute Gasteiger partial charge is 0.357 e. The second-order valence-corrected chi connectivity index (χ2v) is 8.21. The number of amides is 1. The van der Waals surface area contributed by atoms with Crippen LogP contribution in [0, 0.1) is 5.92 Å². The van der Waals surface area contributed by atoms with Crippen molar-refractivity contribution in [1.29, 1.82) is 0 Å². The lowest BCUT2D eigenvalue weighted by molar-refractivity contribution is 0.0827. The molecule has 1 N–H and O–H groups in total. The van der Waals surface area contributed by atoms with E-state index < -0.39 is 0 Å². The summed E-state index contributed by atoms with van der Waals surface area (Å²) in [6.07, 6.45) is 7.13. The first-order valence-electron chi connectivity index (χ1n) is 10.8. The van der Waals surface area contributed by atoms with Crippen molar-refractivity contribution < 1.29 is 4.79 Å². The number of benzene rings is 1. The van der Waals surface area contributed by atoms with Crippen LogP contribution >= 0.6 is 24.0 Å². The van der Waals surface area contributed by atoms with E-state index in [4.69, 9.17) is 4.99 Å². The van der Waals surface area contributed by atoms with Gasteiger partial charge in [0.15, 0.2) is 5.96 Å². The lowest BCUT2D eigenvalue weighted by Crippen LogP contribution is -2.40. The smallest absolute Gasteiger partial charge is 0.253 e. The van der Waals surface area contributed by atoms with Crippen molar-refractivity contribution in [2.45, 2.75) is 26.2 Å². The highest BCUT2D eigenvalue weighted by atomic mass is 127. The van der Waals surface area contributed by atoms with E-state index in [1.54, 1.807) is 19.0 Å². The first kappa shape index (κ1) is 25.2. The molecule has 0 aliphatic carbocycles. The van der Waals surface area contributed by atoms with Gasteiger partial charge in [0.05, 0.1) is 6.20 Å². The van der Waals surface area contributed by atoms with Crippen LogP contribution in [0.5, 0.6) is 0 Å². The van der Waals surface area contributed by atoms with Crippen LogP contribution in [0.15, 0.2) is 41.7 Å². The average molecular weight is 538 g/mol. The van der Waals surface area contributed by atoms with Crippen LogP contribution in [0.2, 0.25) is 0 Å². The molecule has 1 saturated heterocycles. The molecule has 1 aliphatic rings. The number of hydrogen-bond acceptors (Lipinski definition) is 3. The first-order chi connectivity index (χ1) is 14.5. The molecule has 1 aromatic heterocycles. The number of nitrogens with one attached hydrogen (secondary N) is 1. The number of guanidine groups is 1. The van der Waals surface area contributed by atoms with Crippen LogP contribution in [-0.2, 0) is 19.9 Å². The van der Waals surface area contributed by atoms with E-state index in [0.29, 0.717) is 12.5 Å². The second kappa shape index (κ2) is 12.1. The van der Waals surface area contributed by atoms with Gasteiger partial charge >= 0.3 is 0 Å². The molecule has 31 heavy (non-hydrogen) atoms. The maximum Gasteiger partial charge on any atom is 0.253 e. The van der Waals surface area contributed by atoms with Crippen LogP contribution in [0.1, 0.15) is 34.8 Å². The fourth-order valence-corrected chi connectivity index (χ4v) is 3.94. The Morgan fingerprint density at radius 1 is 1.32 bits per heavy atom. The van der Waals surface area contributed by atoms with Crippen molar-refractivity contribution in [2.75, 3.05) is 40.3 Å². The third-order valence-electron chi connectivity index (χ3n) is 5.45. The molecule has 0 bridgehead atoms. The van der Waals surface area contributed by atoms with Gasteiger partial charge in [-0.3, -0.25) is 14.5 Å². The molecular weight excluding hydrogens is 503 g/mol. The van der Waals surface area contributed by atoms with Gasteiger partial charge in [-0.2, -0.15) is 5.10 Å². The molecule has 0 spiro atoms. The number of aromatic nitrogens is 2. The Labute approximate surface area is 202 Å². The molecular formula is C23H35IN6O. The Hall–Kier alpha value is -2.10. The lowest BCUT2D eigenvalue weighted by Gasteiger charge is -2.21. The number of aryl methyl sites for hydroxylation is 1. The standard InChI is InChI=1S/C23H34N6O.HI/c1-5-24-23(29-12-10-19(17-29)13-20-15-26-28(4)16-20)25-11-9-18-7-6-8-21(14-18)22(30)27(2)3;/h6-8,14-16,19H,5,9-13,17H2,1-4H3,(H,24,25);1H. The van der Waals surface area contributed by atoms with Crippen molar-refractivity contribution >= 4 is 35.8 Å². The molecule has 1 amide bonds. The summed E-state index contributed by atoms with van der Waals surface area (Å²) in [6.45, 7) is 5.72. The number of nitrogens with zero attached hydrogens (tertiary/aromatic N) is 5. The number of carbonyl (C=O) groups is 1. The molecule has 7 nitrogen and oxygen atoms in total. The van der Waals surface area contributed by atoms with Crippen LogP contribution < -0.4 is 5.32 Å². The van der Waals surface area contributed by atoms with E-state index in [9.17, 15) is 4.79 Å². The van der Waals surface area contributed by atoms with Crippen molar-refractivity contribution in [3.05, 3.63) is 53.3 Å². The van der Waals surface area contributed by atoms with Gasteiger partial charge < -0.3 is 15.1 Å². The van der Waals surface area contributed by atoms with Gasteiger partial charge in [0.2, 0.25) is 0 Å². The monoisotopic (exact) mass is 538 g/mol. The predicted octanol–water partition coefficient (Wildman–Crippen LogP) is 2.81. The minimum Gasteiger partial charge on any atom is -0.357 e. The maximum absolute atomic E-state index is 12.2. The third-order valence-corrected chi connectivity index (χ3v) is 5.45. The molecule has 1 unspecified atom stereocenters. The summed E-state index contributed by atoms with van der Waals surface area (Å²) >= 11 is 0. The Balaban J connectivity index is 0.00000341. The van der Waals surface area contributed by atoms with E-state index in [1.165, 1.54) is 12.0 Å². The summed E-state index contributed by atoms with van der Waals surface area (Å²) in [7, 11) is 5.52. The lowest BCUT2D eigenvalue weighted by atomic mass is 10.0. The van der Waals surface area contributed by atoms with E-state index in [2.05, 4.69) is 34.5 Å². The molecule has 1 fully saturated rings. The van der Waals surface area contributed by atoms with Gasteiger partial charge in [0.1, 0.15) is 0 Å². The molecule has 0 saturated carbocycles. The fourth-order valence-electron chi connectivity index (χ4n) is 3.94. The van der Waals surface area contributed by atoms with Crippen LogP contribution in [0.3, 0.4) is 0 Å². The summed E-state index contributed by atoms with van der Waals surface area (Å²) in [5, 5.41) is 7.72. The van der Waals surface area contributed by atoms with Crippen molar-refractivity contribution in [1.82, 2.24) is 24.9 Å². The summed E-state index contributed by atoms with van der Waals surface area (Å²) in [4.78, 5) is 21.0. The summed E-state index contributed by atoms with van der Waals surface area (Å²) in [6, 6.07) is 7.86. The molecule has 1 atom stereocenters. The van der Waals surface area contributed by atoms with Crippen LogP contribution in [0.4, 0.5) is 0 Å². The molecule has 1 aliphatic heterocycles. The molecule has 8 heteroatoms. The molecule has 2 heterocycles. The highest BCUT2D eigenvalue weighted by molar-refractivity contribution is 14.0. The topological polar surface area (TPSA) is 65.8 Å². The number of halogens is 1. The van der Waals surface area contributed by atoms with Gasteiger partial charge in [-0.05, 0) is 55.4 Å². The number of carbonyl (C=O) groups excluding carboxylic acids is 1. The normalized spacial score (nSPS) is 16.2. The van der Waals surface area contributed by atoms with E-state index in [0.717, 1.165) is 49.6 Å². The molecule has 2 aromatic rings. The summed E-state index contributed by atoms with van der Waals surface area (Å²) in [5.41, 5.74) is 3.17. The van der Waals surface area contributed by atoms with Crippen molar-refractivity contribution in [3.8, 4) is 0 Å². The SMILES string of the molecule is CCNC(=NCCc1cccc(C(=O)N(C)C)c1)N1CCC(Cc2cnn(C)c2)C1.I. The Morgan fingerprint density at radius 3 is 2.81 bits per heavy atom. The zero-order valence-electron chi connectivity index (χ0n) is 19.0. The highest BCUT2D eigenvalue weighted by Gasteiger charge is 2.25. The van der Waals surface area contributed by atoms with Gasteiger partial charge in [-0.1, -0.05) is 12.1 Å². The number of hydrogen-bond donors (Lipinski definition) is 1. The van der Waals surface area contributed by atoms with Gasteiger partial charge in [-0.15, -0.1) is 24.0 Å². The Bertz CT molecular complexity index is 878. The minimum absolute atomic E-state index is 0. The molecule has 3 rings (SSSR count). The molecule has 1 aromatic carbocycles. The predicted molar refractivity (Wildman–Crippen MR) is 136 cm³/mol. The van der Waals surface area contributed by atoms with Gasteiger partial charge in [0, 0.05) is 59.1 Å². The second-order valence-electron chi connectivity index (χ2n) is 8.21. The maximum atomic E-state index is 12.2. The fraction of sp³-hybridized carbons (Fsp3) is 0.522. The van der Waals surface area contributed by atoms with Crippen LogP contribution in [-0.4, -0.2) is 71.7 Å². The van der Waals surface area contributed by atoms with E-state index in [1.807, 2.05) is 36.1 Å². The average Bonchev–Trinajstić information content (AvgIpc) is 3.36. The van der Waals surface area contributed by atoms with E-state index >= 15 is 0 Å². The summed E-state index contributed by atoms with van der Waals surface area (Å²) in [5.74, 6) is 1.66. The van der Waals surface area contributed by atoms with Gasteiger partial charge in [0.25, 0.3) is 5.91 Å². The third kappa shape index (κ3) is 7.22.